The Morgan fingerprint density at radius 2 is 1.88 bits per heavy atom. The summed E-state index contributed by atoms with van der Waals surface area (Å²) in [7, 11) is -3.26. The second-order valence-corrected chi connectivity index (χ2v) is 5.62. The number of aliphatic hydroxyl groups is 1. The zero-order valence-corrected chi connectivity index (χ0v) is 9.61. The van der Waals surface area contributed by atoms with Crippen LogP contribution < -0.4 is 5.73 Å². The molecule has 0 aromatic heterocycles. The Morgan fingerprint density at radius 1 is 1.38 bits per heavy atom. The zero-order valence-electron chi connectivity index (χ0n) is 8.80. The SMILES string of the molecule is CS(=O)(=O)c1ccc([C@H](O)C(N)CF)cc1. The Bertz CT molecular complexity index is 444. The molecule has 0 saturated carbocycles. The Morgan fingerprint density at radius 3 is 2.25 bits per heavy atom. The highest BCUT2D eigenvalue weighted by Gasteiger charge is 2.17. The van der Waals surface area contributed by atoms with Gasteiger partial charge < -0.3 is 10.8 Å². The van der Waals surface area contributed by atoms with Gasteiger partial charge in [0.25, 0.3) is 0 Å². The van der Waals surface area contributed by atoms with Gasteiger partial charge in [-0.25, -0.2) is 12.8 Å². The molecule has 16 heavy (non-hydrogen) atoms. The van der Waals surface area contributed by atoms with Crippen molar-refractivity contribution in [2.75, 3.05) is 12.9 Å². The molecule has 1 unspecified atom stereocenters. The Hall–Kier alpha value is -0.980. The number of halogens is 1. The third-order valence-electron chi connectivity index (χ3n) is 2.23. The van der Waals surface area contributed by atoms with Gasteiger partial charge in [0, 0.05) is 6.26 Å². The summed E-state index contributed by atoms with van der Waals surface area (Å²) >= 11 is 0. The highest BCUT2D eigenvalue weighted by Crippen LogP contribution is 2.18. The van der Waals surface area contributed by atoms with Crippen molar-refractivity contribution in [3.63, 3.8) is 0 Å². The first-order chi connectivity index (χ1) is 7.36. The van der Waals surface area contributed by atoms with E-state index in [2.05, 4.69) is 0 Å². The van der Waals surface area contributed by atoms with Crippen molar-refractivity contribution < 1.29 is 17.9 Å². The molecule has 2 atom stereocenters. The summed E-state index contributed by atoms with van der Waals surface area (Å²) in [6.45, 7) is -0.838. The summed E-state index contributed by atoms with van der Waals surface area (Å²) in [5.41, 5.74) is 5.73. The first-order valence-corrected chi connectivity index (χ1v) is 6.55. The van der Waals surface area contributed by atoms with E-state index in [0.29, 0.717) is 5.56 Å². The fourth-order valence-corrected chi connectivity index (χ4v) is 1.87. The molecule has 1 aromatic rings. The third-order valence-corrected chi connectivity index (χ3v) is 3.36. The molecule has 0 aliphatic rings. The molecule has 0 bridgehead atoms. The second kappa shape index (κ2) is 4.90. The number of alkyl halides is 1. The van der Waals surface area contributed by atoms with Crippen LogP contribution in [0.25, 0.3) is 0 Å². The van der Waals surface area contributed by atoms with Crippen molar-refractivity contribution in [2.24, 2.45) is 5.73 Å². The number of benzene rings is 1. The van der Waals surface area contributed by atoms with Crippen LogP contribution in [-0.4, -0.2) is 32.5 Å². The van der Waals surface area contributed by atoms with Crippen LogP contribution >= 0.6 is 0 Å². The van der Waals surface area contributed by atoms with Gasteiger partial charge in [-0.15, -0.1) is 0 Å². The lowest BCUT2D eigenvalue weighted by molar-refractivity contribution is 0.132. The lowest BCUT2D eigenvalue weighted by Crippen LogP contribution is -2.30. The average molecular weight is 247 g/mol. The number of sulfone groups is 1. The molecule has 0 aliphatic heterocycles. The summed E-state index contributed by atoms with van der Waals surface area (Å²) in [6.07, 6.45) is -0.0373. The van der Waals surface area contributed by atoms with Gasteiger partial charge in [0.1, 0.15) is 6.67 Å². The monoisotopic (exact) mass is 247 g/mol. The summed E-state index contributed by atoms with van der Waals surface area (Å²) in [6, 6.07) is 4.58. The summed E-state index contributed by atoms with van der Waals surface area (Å²) in [5, 5.41) is 9.57. The first kappa shape index (κ1) is 13.1. The predicted molar refractivity (Wildman–Crippen MR) is 58.5 cm³/mol. The molecule has 4 nitrogen and oxygen atoms in total. The van der Waals surface area contributed by atoms with Crippen LogP contribution in [0, 0.1) is 0 Å². The van der Waals surface area contributed by atoms with E-state index in [9.17, 15) is 17.9 Å². The molecule has 0 heterocycles. The number of hydrogen-bond acceptors (Lipinski definition) is 4. The minimum Gasteiger partial charge on any atom is -0.387 e. The maximum absolute atomic E-state index is 12.2. The minimum absolute atomic E-state index is 0.150. The highest BCUT2D eigenvalue weighted by atomic mass is 32.2. The molecule has 0 amide bonds. The van der Waals surface area contributed by atoms with Gasteiger partial charge in [-0.1, -0.05) is 12.1 Å². The van der Waals surface area contributed by atoms with E-state index in [-0.39, 0.29) is 4.90 Å². The van der Waals surface area contributed by atoms with Crippen LogP contribution in [0.5, 0.6) is 0 Å². The molecule has 90 valence electrons. The lowest BCUT2D eigenvalue weighted by atomic mass is 10.0. The average Bonchev–Trinajstić information content (AvgIpc) is 2.26. The van der Waals surface area contributed by atoms with E-state index in [4.69, 9.17) is 5.73 Å². The van der Waals surface area contributed by atoms with Crippen molar-refractivity contribution in [3.8, 4) is 0 Å². The van der Waals surface area contributed by atoms with Gasteiger partial charge in [-0.2, -0.15) is 0 Å². The predicted octanol–water partition coefficient (Wildman–Crippen LogP) is 0.420. The highest BCUT2D eigenvalue weighted by molar-refractivity contribution is 7.90. The Kier molecular flexibility index (Phi) is 4.01. The minimum atomic E-state index is -3.26. The Labute approximate surface area is 93.8 Å². The van der Waals surface area contributed by atoms with Crippen molar-refractivity contribution in [3.05, 3.63) is 29.8 Å². The van der Waals surface area contributed by atoms with Gasteiger partial charge >= 0.3 is 0 Å². The standard InChI is InChI=1S/C10H14FNO3S/c1-16(14,15)8-4-2-7(3-5-8)10(13)9(12)6-11/h2-5,9-10,13H,6,12H2,1H3/t9?,10-/m0/s1. The Balaban J connectivity index is 2.96. The van der Waals surface area contributed by atoms with Crippen molar-refractivity contribution >= 4 is 9.84 Å². The topological polar surface area (TPSA) is 80.4 Å². The van der Waals surface area contributed by atoms with E-state index in [1.54, 1.807) is 0 Å². The quantitative estimate of drug-likeness (QED) is 0.808. The molecule has 3 N–H and O–H groups in total. The number of hydrogen-bond donors (Lipinski definition) is 2. The summed E-state index contributed by atoms with van der Waals surface area (Å²) < 4.78 is 34.5. The lowest BCUT2D eigenvalue weighted by Gasteiger charge is -2.16. The van der Waals surface area contributed by atoms with Crippen LogP contribution in [0.3, 0.4) is 0 Å². The molecule has 1 aromatic carbocycles. The number of rotatable bonds is 4. The van der Waals surface area contributed by atoms with E-state index in [1.165, 1.54) is 24.3 Å². The van der Waals surface area contributed by atoms with Crippen LogP contribution in [0.2, 0.25) is 0 Å². The van der Waals surface area contributed by atoms with Gasteiger partial charge in [0.15, 0.2) is 9.84 Å². The van der Waals surface area contributed by atoms with E-state index in [1.807, 2.05) is 0 Å². The molecular weight excluding hydrogens is 233 g/mol. The fourth-order valence-electron chi connectivity index (χ4n) is 1.24. The van der Waals surface area contributed by atoms with Gasteiger partial charge in [0.05, 0.1) is 17.0 Å². The molecular formula is C10H14FNO3S. The smallest absolute Gasteiger partial charge is 0.175 e. The molecule has 0 fully saturated rings. The largest absolute Gasteiger partial charge is 0.387 e. The first-order valence-electron chi connectivity index (χ1n) is 4.66. The van der Waals surface area contributed by atoms with Crippen LogP contribution in [0.15, 0.2) is 29.2 Å². The van der Waals surface area contributed by atoms with Crippen molar-refractivity contribution in [1.82, 2.24) is 0 Å². The molecule has 0 radical (unpaired) electrons. The second-order valence-electron chi connectivity index (χ2n) is 3.60. The summed E-state index contributed by atoms with van der Waals surface area (Å²) in [4.78, 5) is 0.150. The molecule has 0 saturated heterocycles. The molecule has 1 rings (SSSR count). The fraction of sp³-hybridized carbons (Fsp3) is 0.400. The van der Waals surface area contributed by atoms with Gasteiger partial charge in [-0.3, -0.25) is 0 Å². The van der Waals surface area contributed by atoms with E-state index < -0.39 is 28.7 Å². The van der Waals surface area contributed by atoms with Crippen molar-refractivity contribution in [2.45, 2.75) is 17.0 Å². The van der Waals surface area contributed by atoms with Gasteiger partial charge in [0.2, 0.25) is 0 Å². The maximum atomic E-state index is 12.2. The molecule has 0 spiro atoms. The summed E-state index contributed by atoms with van der Waals surface area (Å²) in [5.74, 6) is 0. The zero-order chi connectivity index (χ0) is 12.3. The van der Waals surface area contributed by atoms with Crippen LogP contribution in [0.4, 0.5) is 4.39 Å². The maximum Gasteiger partial charge on any atom is 0.175 e. The molecule has 0 aliphatic carbocycles. The number of aliphatic hydroxyl groups excluding tert-OH is 1. The van der Waals surface area contributed by atoms with Crippen LogP contribution in [-0.2, 0) is 9.84 Å². The number of nitrogens with two attached hydrogens (primary N) is 1. The molecule has 6 heteroatoms. The third kappa shape index (κ3) is 3.01. The normalized spacial score (nSPS) is 15.8. The van der Waals surface area contributed by atoms with Crippen molar-refractivity contribution in [1.29, 1.82) is 0 Å². The van der Waals surface area contributed by atoms with Crippen LogP contribution in [0.1, 0.15) is 11.7 Å². The van der Waals surface area contributed by atoms with E-state index >= 15 is 0 Å². The van der Waals surface area contributed by atoms with E-state index in [0.717, 1.165) is 6.26 Å². The van der Waals surface area contributed by atoms with Gasteiger partial charge in [-0.05, 0) is 17.7 Å².